The summed E-state index contributed by atoms with van der Waals surface area (Å²) >= 11 is 0. The van der Waals surface area contributed by atoms with Crippen LogP contribution in [0, 0.1) is 12.0 Å². The fourth-order valence-electron chi connectivity index (χ4n) is 1.87. The Morgan fingerprint density at radius 3 is 3.10 bits per heavy atom. The summed E-state index contributed by atoms with van der Waals surface area (Å²) < 4.78 is 20.8. The van der Waals surface area contributed by atoms with Gasteiger partial charge in [0.15, 0.2) is 5.76 Å². The zero-order valence-electron chi connectivity index (χ0n) is 11.5. The molecule has 1 unspecified atom stereocenters. The highest BCUT2D eigenvalue weighted by Gasteiger charge is 2.14. The molecule has 0 radical (unpaired) electrons. The van der Waals surface area contributed by atoms with Crippen LogP contribution in [0.1, 0.15) is 32.1 Å². The number of rotatable bonds is 3. The second-order valence-electron chi connectivity index (χ2n) is 4.47. The Balaban J connectivity index is 1.79. The normalized spacial score (nSPS) is 21.6. The predicted octanol–water partition coefficient (Wildman–Crippen LogP) is 2.24. The lowest BCUT2D eigenvalue weighted by atomic mass is 10.2. The first-order chi connectivity index (χ1) is 9.78. The summed E-state index contributed by atoms with van der Waals surface area (Å²) in [7, 11) is 1.35. The Labute approximate surface area is 118 Å². The van der Waals surface area contributed by atoms with Gasteiger partial charge in [-0.25, -0.2) is 0 Å². The van der Waals surface area contributed by atoms with E-state index in [0.29, 0.717) is 17.9 Å². The summed E-state index contributed by atoms with van der Waals surface area (Å²) in [5.74, 6) is 3.49. The molecule has 1 atom stereocenters. The molecule has 2 heterocycles. The van der Waals surface area contributed by atoms with Crippen molar-refractivity contribution in [3.63, 3.8) is 0 Å². The van der Waals surface area contributed by atoms with Gasteiger partial charge in [0.2, 0.25) is 6.29 Å². The van der Waals surface area contributed by atoms with Crippen LogP contribution in [0.2, 0.25) is 0 Å². The van der Waals surface area contributed by atoms with Crippen molar-refractivity contribution in [1.82, 2.24) is 0 Å². The first-order valence-electron chi connectivity index (χ1n) is 6.70. The molecule has 2 aliphatic heterocycles. The van der Waals surface area contributed by atoms with E-state index in [1.54, 1.807) is 0 Å². The second-order valence-corrected chi connectivity index (χ2v) is 4.47. The molecule has 0 amide bonds. The molecule has 2 rings (SSSR count). The first kappa shape index (κ1) is 14.5. The molecule has 20 heavy (non-hydrogen) atoms. The lowest BCUT2D eigenvalue weighted by Crippen LogP contribution is -2.20. The molecule has 0 aromatic rings. The quantitative estimate of drug-likeness (QED) is 0.585. The van der Waals surface area contributed by atoms with Gasteiger partial charge in [0.05, 0.1) is 13.7 Å². The molecular weight excluding hydrogens is 260 g/mol. The molecule has 0 bridgehead atoms. The van der Waals surface area contributed by atoms with Crippen molar-refractivity contribution in [2.24, 2.45) is 0 Å². The van der Waals surface area contributed by atoms with E-state index in [1.165, 1.54) is 7.11 Å². The number of carbonyl (C=O) groups excluding carboxylic acids is 1. The van der Waals surface area contributed by atoms with Crippen LogP contribution < -0.4 is 0 Å². The first-order valence-corrected chi connectivity index (χ1v) is 6.70. The third kappa shape index (κ3) is 4.63. The lowest BCUT2D eigenvalue weighted by Gasteiger charge is -2.19. The van der Waals surface area contributed by atoms with Gasteiger partial charge in [0.25, 0.3) is 0 Å². The molecule has 0 spiro atoms. The number of ether oxygens (including phenoxy) is 4. The van der Waals surface area contributed by atoms with Crippen LogP contribution >= 0.6 is 0 Å². The third-order valence-electron chi connectivity index (χ3n) is 2.94. The molecule has 0 N–H and O–H groups in total. The number of methoxy groups -OCH3 is 1. The minimum atomic E-state index is -0.336. The molecule has 0 aromatic carbocycles. The summed E-state index contributed by atoms with van der Waals surface area (Å²) in [5, 5.41) is 0. The Kier molecular flexibility index (Phi) is 5.51. The Bertz CT molecular complexity index is 460. The summed E-state index contributed by atoms with van der Waals surface area (Å²) in [6.07, 6.45) is 9.84. The maximum Gasteiger partial charge on any atom is 0.313 e. The van der Waals surface area contributed by atoms with Crippen molar-refractivity contribution < 1.29 is 23.7 Å². The van der Waals surface area contributed by atoms with Crippen LogP contribution in [0.4, 0.5) is 0 Å². The highest BCUT2D eigenvalue weighted by atomic mass is 16.7. The summed E-state index contributed by atoms with van der Waals surface area (Å²) in [5.41, 5.74) is 0. The number of hydrogen-bond acceptors (Lipinski definition) is 5. The van der Waals surface area contributed by atoms with Crippen LogP contribution in [-0.4, -0.2) is 26.0 Å². The average Bonchev–Trinajstić information content (AvgIpc) is 2.48. The molecule has 1 saturated heterocycles. The van der Waals surface area contributed by atoms with E-state index in [9.17, 15) is 4.79 Å². The summed E-state index contributed by atoms with van der Waals surface area (Å²) in [6.45, 7) is 0.720. The number of allylic oxidation sites excluding steroid dienone is 3. The fourth-order valence-corrected chi connectivity index (χ4v) is 1.87. The SMILES string of the molecule is COC(=O)CC1=CCC=C(C#COC2CCCCO2)O1. The predicted molar refractivity (Wildman–Crippen MR) is 71.0 cm³/mol. The van der Waals surface area contributed by atoms with Crippen molar-refractivity contribution in [1.29, 1.82) is 0 Å². The Morgan fingerprint density at radius 2 is 2.35 bits per heavy atom. The van der Waals surface area contributed by atoms with Gasteiger partial charge in [0.1, 0.15) is 18.3 Å². The number of esters is 1. The van der Waals surface area contributed by atoms with Gasteiger partial charge in [-0.3, -0.25) is 4.79 Å². The van der Waals surface area contributed by atoms with E-state index >= 15 is 0 Å². The maximum absolute atomic E-state index is 11.2. The monoisotopic (exact) mass is 278 g/mol. The molecule has 0 saturated carbocycles. The minimum absolute atomic E-state index is 0.113. The Morgan fingerprint density at radius 1 is 1.45 bits per heavy atom. The van der Waals surface area contributed by atoms with Crippen LogP contribution in [0.25, 0.3) is 0 Å². The molecule has 108 valence electrons. The highest BCUT2D eigenvalue weighted by molar-refractivity contribution is 5.71. The number of hydrogen-bond donors (Lipinski definition) is 0. The van der Waals surface area contributed by atoms with E-state index in [0.717, 1.165) is 25.9 Å². The average molecular weight is 278 g/mol. The largest absolute Gasteiger partial charge is 0.469 e. The fraction of sp³-hybridized carbons (Fsp3) is 0.533. The second kappa shape index (κ2) is 7.61. The summed E-state index contributed by atoms with van der Waals surface area (Å²) in [6, 6.07) is 0. The Hall–Kier alpha value is -1.93. The molecule has 1 fully saturated rings. The van der Waals surface area contributed by atoms with E-state index < -0.39 is 0 Å². The zero-order valence-corrected chi connectivity index (χ0v) is 11.5. The molecular formula is C15H18O5. The van der Waals surface area contributed by atoms with Crippen LogP contribution in [-0.2, 0) is 23.7 Å². The van der Waals surface area contributed by atoms with E-state index in [2.05, 4.69) is 16.8 Å². The lowest BCUT2D eigenvalue weighted by molar-refractivity contribution is -0.140. The minimum Gasteiger partial charge on any atom is -0.469 e. The van der Waals surface area contributed by atoms with Crippen LogP contribution in [0.15, 0.2) is 23.7 Å². The van der Waals surface area contributed by atoms with Gasteiger partial charge in [-0.1, -0.05) is 0 Å². The van der Waals surface area contributed by atoms with Gasteiger partial charge in [-0.2, -0.15) is 0 Å². The van der Waals surface area contributed by atoms with Crippen molar-refractivity contribution in [2.75, 3.05) is 13.7 Å². The van der Waals surface area contributed by atoms with Gasteiger partial charge in [-0.05, 0) is 31.4 Å². The molecule has 5 heteroatoms. The van der Waals surface area contributed by atoms with Gasteiger partial charge < -0.3 is 18.9 Å². The molecule has 0 aliphatic carbocycles. The van der Waals surface area contributed by atoms with E-state index in [4.69, 9.17) is 14.2 Å². The van der Waals surface area contributed by atoms with Crippen molar-refractivity contribution in [2.45, 2.75) is 38.4 Å². The molecule has 0 aromatic heterocycles. The molecule has 5 nitrogen and oxygen atoms in total. The third-order valence-corrected chi connectivity index (χ3v) is 2.94. The van der Waals surface area contributed by atoms with Crippen LogP contribution in [0.5, 0.6) is 0 Å². The summed E-state index contributed by atoms with van der Waals surface area (Å²) in [4.78, 5) is 11.2. The highest BCUT2D eigenvalue weighted by Crippen LogP contribution is 2.18. The van der Waals surface area contributed by atoms with Gasteiger partial charge in [-0.15, -0.1) is 0 Å². The standard InChI is InChI=1S/C15H18O5/c1-17-14(16)11-13-6-4-5-12(20-13)8-10-19-15-7-2-3-9-18-15/h5-6,15H,2-4,7,9,11H2,1H3. The van der Waals surface area contributed by atoms with Crippen molar-refractivity contribution in [3.05, 3.63) is 23.7 Å². The smallest absolute Gasteiger partial charge is 0.313 e. The molecule has 2 aliphatic rings. The van der Waals surface area contributed by atoms with Crippen LogP contribution in [0.3, 0.4) is 0 Å². The van der Waals surface area contributed by atoms with Gasteiger partial charge in [0, 0.05) is 12.3 Å². The van der Waals surface area contributed by atoms with Gasteiger partial charge >= 0.3 is 5.97 Å². The topological polar surface area (TPSA) is 54.0 Å². The van der Waals surface area contributed by atoms with E-state index in [1.807, 2.05) is 12.2 Å². The van der Waals surface area contributed by atoms with E-state index in [-0.39, 0.29) is 18.7 Å². The maximum atomic E-state index is 11.2. The van der Waals surface area contributed by atoms with Crippen molar-refractivity contribution in [3.8, 4) is 12.0 Å². The zero-order chi connectivity index (χ0) is 14.2. The van der Waals surface area contributed by atoms with Crippen molar-refractivity contribution >= 4 is 5.97 Å². The number of carbonyl (C=O) groups is 1.